The molecule has 217 valence electrons. The maximum Gasteiger partial charge on any atom is 0.256 e. The Morgan fingerprint density at radius 2 is 1.30 bits per heavy atom. The number of nitrogens with one attached hydrogen (secondary N) is 1. The second-order valence-corrected chi connectivity index (χ2v) is 10.8. The Hall–Kier alpha value is -5.18. The van der Waals surface area contributed by atoms with E-state index >= 15 is 0 Å². The molecule has 0 aliphatic carbocycles. The summed E-state index contributed by atoms with van der Waals surface area (Å²) in [6.07, 6.45) is 2.33. The van der Waals surface area contributed by atoms with Gasteiger partial charge >= 0.3 is 0 Å². The van der Waals surface area contributed by atoms with Crippen molar-refractivity contribution in [1.29, 1.82) is 0 Å². The Morgan fingerprint density at radius 1 is 0.750 bits per heavy atom. The highest BCUT2D eigenvalue weighted by molar-refractivity contribution is 6.06. The fourth-order valence-corrected chi connectivity index (χ4v) is 6.25. The first-order chi connectivity index (χ1) is 21.6. The highest BCUT2D eigenvalue weighted by Gasteiger charge is 2.45. The molecule has 4 aromatic carbocycles. The van der Waals surface area contributed by atoms with Gasteiger partial charge in [-0.2, -0.15) is 0 Å². The number of imidazole rings is 1. The van der Waals surface area contributed by atoms with Crippen LogP contribution in [0.3, 0.4) is 0 Å². The van der Waals surface area contributed by atoms with Gasteiger partial charge < -0.3 is 10.1 Å². The zero-order valence-corrected chi connectivity index (χ0v) is 24.0. The van der Waals surface area contributed by atoms with Crippen molar-refractivity contribution in [1.82, 2.24) is 24.4 Å². The molecule has 44 heavy (non-hydrogen) atoms. The van der Waals surface area contributed by atoms with Crippen LogP contribution in [0.4, 0.5) is 5.82 Å². The molecule has 8 heteroatoms. The van der Waals surface area contributed by atoms with Gasteiger partial charge in [-0.1, -0.05) is 109 Å². The number of benzene rings is 4. The molecule has 1 aliphatic rings. The molecule has 2 aromatic heterocycles. The monoisotopic (exact) mass is 579 g/mol. The third-order valence-electron chi connectivity index (χ3n) is 8.14. The van der Waals surface area contributed by atoms with Crippen LogP contribution < -0.4 is 5.32 Å². The smallest absolute Gasteiger partial charge is 0.256 e. The molecule has 1 fully saturated rings. The van der Waals surface area contributed by atoms with Crippen molar-refractivity contribution in [3.05, 3.63) is 163 Å². The normalized spacial score (nSPS) is 17.4. The van der Waals surface area contributed by atoms with E-state index in [4.69, 9.17) is 4.74 Å². The molecule has 0 bridgehead atoms. The van der Waals surface area contributed by atoms with Crippen LogP contribution in [0.1, 0.15) is 33.3 Å². The predicted molar refractivity (Wildman–Crippen MR) is 170 cm³/mol. The zero-order chi connectivity index (χ0) is 29.9. The third kappa shape index (κ3) is 4.94. The Bertz CT molecular complexity index is 1770. The summed E-state index contributed by atoms with van der Waals surface area (Å²) in [6.45, 7) is 5.50. The number of nitrogens with zero attached hydrogens (tertiary/aromatic N) is 5. The van der Waals surface area contributed by atoms with E-state index < -0.39 is 11.8 Å². The zero-order valence-electron chi connectivity index (χ0n) is 24.0. The summed E-state index contributed by atoms with van der Waals surface area (Å²) in [6, 6.07) is 40.8. The summed E-state index contributed by atoms with van der Waals surface area (Å²) in [4.78, 5) is 28.9. The molecule has 0 saturated carbocycles. The molecule has 1 radical (unpaired) electrons. The Morgan fingerprint density at radius 3 is 1.86 bits per heavy atom. The molecule has 6 aromatic rings. The van der Waals surface area contributed by atoms with E-state index in [9.17, 15) is 4.79 Å². The summed E-state index contributed by atoms with van der Waals surface area (Å²) >= 11 is 0. The molecule has 2 atom stereocenters. The van der Waals surface area contributed by atoms with Gasteiger partial charge in [-0.25, -0.2) is 15.0 Å². The van der Waals surface area contributed by atoms with Crippen LogP contribution in [0, 0.1) is 6.92 Å². The van der Waals surface area contributed by atoms with Gasteiger partial charge in [0.1, 0.15) is 12.6 Å². The van der Waals surface area contributed by atoms with Gasteiger partial charge in [0.15, 0.2) is 17.0 Å². The molecule has 7 rings (SSSR count). The van der Waals surface area contributed by atoms with Crippen LogP contribution in [-0.4, -0.2) is 49.5 Å². The minimum atomic E-state index is -0.623. The third-order valence-corrected chi connectivity index (χ3v) is 8.14. The lowest BCUT2D eigenvalue weighted by atomic mass is 9.75. The lowest BCUT2D eigenvalue weighted by molar-refractivity contribution is -0.119. The average molecular weight is 580 g/mol. The van der Waals surface area contributed by atoms with Crippen molar-refractivity contribution >= 4 is 22.9 Å². The SMILES string of the molecule is [CH2]C1CN(C(c2ccccc2)(c2ccccc2)c2ccccc2)CC(n2cnc3c(NC(=O)c4ccccc4)ncnc32)O1. The minimum Gasteiger partial charge on any atom is -0.352 e. The van der Waals surface area contributed by atoms with Crippen LogP contribution >= 0.6 is 0 Å². The summed E-state index contributed by atoms with van der Waals surface area (Å²) in [5.41, 5.74) is 4.40. The number of aromatic nitrogens is 4. The van der Waals surface area contributed by atoms with Crippen LogP contribution in [0.2, 0.25) is 0 Å². The molecule has 1 saturated heterocycles. The number of morpholine rings is 1. The van der Waals surface area contributed by atoms with Crippen molar-refractivity contribution in [2.45, 2.75) is 17.9 Å². The highest BCUT2D eigenvalue weighted by Crippen LogP contribution is 2.44. The summed E-state index contributed by atoms with van der Waals surface area (Å²) in [7, 11) is 0. The number of fused-ring (bicyclic) bond motifs is 1. The molecule has 2 unspecified atom stereocenters. The fourth-order valence-electron chi connectivity index (χ4n) is 6.25. The van der Waals surface area contributed by atoms with Gasteiger partial charge in [0.05, 0.1) is 18.0 Å². The molecule has 1 aliphatic heterocycles. The van der Waals surface area contributed by atoms with Gasteiger partial charge in [0.25, 0.3) is 5.91 Å². The second kappa shape index (κ2) is 11.8. The minimum absolute atomic E-state index is 0.267. The summed E-state index contributed by atoms with van der Waals surface area (Å²) in [5.74, 6) is 0.0741. The van der Waals surface area contributed by atoms with Crippen LogP contribution in [0.15, 0.2) is 134 Å². The van der Waals surface area contributed by atoms with E-state index in [1.54, 1.807) is 18.5 Å². The van der Waals surface area contributed by atoms with Crippen LogP contribution in [-0.2, 0) is 10.3 Å². The van der Waals surface area contributed by atoms with Gasteiger partial charge in [0, 0.05) is 18.7 Å². The molecule has 3 heterocycles. The molecule has 1 N–H and O–H groups in total. The standard InChI is InChI=1S/C36H31N6O2/c1-26-22-41(36(28-16-8-3-9-17-28,29-18-10-4-11-19-29)30-20-12-5-13-21-30)23-31(44-26)42-25-39-32-33(37-24-38-34(32)42)40-35(43)27-14-6-2-7-15-27/h2-21,24-26,31H,1,22-23H2,(H,37,38,40,43). The first kappa shape index (κ1) is 27.6. The number of hydrogen-bond acceptors (Lipinski definition) is 6. The molecule has 8 nitrogen and oxygen atoms in total. The number of hydrogen-bond donors (Lipinski definition) is 1. The van der Waals surface area contributed by atoms with Crippen molar-refractivity contribution in [2.24, 2.45) is 0 Å². The van der Waals surface area contributed by atoms with Gasteiger partial charge in [-0.15, -0.1) is 0 Å². The van der Waals surface area contributed by atoms with E-state index in [0.29, 0.717) is 35.6 Å². The lowest BCUT2D eigenvalue weighted by Gasteiger charge is -2.50. The quantitative estimate of drug-likeness (QED) is 0.230. The molecular formula is C36H31N6O2. The fraction of sp³-hybridized carbons (Fsp3) is 0.139. The Labute approximate surface area is 256 Å². The Balaban J connectivity index is 1.31. The second-order valence-electron chi connectivity index (χ2n) is 10.8. The number of anilines is 1. The molecule has 0 spiro atoms. The van der Waals surface area contributed by atoms with Crippen molar-refractivity contribution in [3.8, 4) is 0 Å². The van der Waals surface area contributed by atoms with E-state index in [1.165, 1.54) is 6.33 Å². The number of carbonyl (C=O) groups excluding carboxylic acids is 1. The summed E-state index contributed by atoms with van der Waals surface area (Å²) < 4.78 is 8.39. The van der Waals surface area contributed by atoms with Gasteiger partial charge in [0.2, 0.25) is 0 Å². The largest absolute Gasteiger partial charge is 0.352 e. The molecular weight excluding hydrogens is 548 g/mol. The first-order valence-corrected chi connectivity index (χ1v) is 14.6. The van der Waals surface area contributed by atoms with Crippen LogP contribution in [0.25, 0.3) is 11.2 Å². The van der Waals surface area contributed by atoms with Crippen molar-refractivity contribution in [2.75, 3.05) is 18.4 Å². The van der Waals surface area contributed by atoms with Crippen LogP contribution in [0.5, 0.6) is 0 Å². The number of carbonyl (C=O) groups is 1. The number of amides is 1. The van der Waals surface area contributed by atoms with E-state index in [2.05, 4.69) is 105 Å². The maximum absolute atomic E-state index is 12.9. The number of rotatable bonds is 7. The van der Waals surface area contributed by atoms with Gasteiger partial charge in [-0.3, -0.25) is 14.3 Å². The first-order valence-electron chi connectivity index (χ1n) is 14.6. The van der Waals surface area contributed by atoms with Crippen molar-refractivity contribution in [3.63, 3.8) is 0 Å². The van der Waals surface area contributed by atoms with E-state index in [0.717, 1.165) is 16.7 Å². The van der Waals surface area contributed by atoms with E-state index in [-0.39, 0.29) is 12.0 Å². The highest BCUT2D eigenvalue weighted by atomic mass is 16.5. The lowest BCUT2D eigenvalue weighted by Crippen LogP contribution is -2.56. The maximum atomic E-state index is 12.9. The molecule has 1 amide bonds. The average Bonchev–Trinajstić information content (AvgIpc) is 3.52. The van der Waals surface area contributed by atoms with Gasteiger partial charge in [-0.05, 0) is 35.7 Å². The number of ether oxygens (including phenoxy) is 1. The Kier molecular flexibility index (Phi) is 7.43. The summed E-state index contributed by atoms with van der Waals surface area (Å²) in [5, 5.41) is 2.89. The predicted octanol–water partition coefficient (Wildman–Crippen LogP) is 6.10. The van der Waals surface area contributed by atoms with E-state index in [1.807, 2.05) is 41.0 Å². The topological polar surface area (TPSA) is 85.2 Å². The van der Waals surface area contributed by atoms with Crippen molar-refractivity contribution < 1.29 is 9.53 Å².